The van der Waals surface area contributed by atoms with E-state index in [0.29, 0.717) is 6.92 Å². The highest BCUT2D eigenvalue weighted by atomic mass is 19.4. The second kappa shape index (κ2) is 5.32. The van der Waals surface area contributed by atoms with Crippen LogP contribution >= 0.6 is 0 Å². The van der Waals surface area contributed by atoms with Gasteiger partial charge in [-0.2, -0.15) is 22.0 Å². The Bertz CT molecular complexity index is 382. The first-order valence-electron chi connectivity index (χ1n) is 4.57. The molecule has 0 saturated carbocycles. The monoisotopic (exact) mass is 275 g/mol. The van der Waals surface area contributed by atoms with Crippen molar-refractivity contribution >= 4 is 11.7 Å². The van der Waals surface area contributed by atoms with Crippen LogP contribution < -0.4 is 0 Å². The van der Waals surface area contributed by atoms with Crippen LogP contribution in [-0.2, 0) is 9.53 Å². The summed E-state index contributed by atoms with van der Waals surface area (Å²) in [4.78, 5) is 11.1. The second-order valence-corrected chi connectivity index (χ2v) is 3.13. The van der Waals surface area contributed by atoms with Crippen LogP contribution in [0.3, 0.4) is 0 Å². The molecule has 0 heterocycles. The van der Waals surface area contributed by atoms with Gasteiger partial charge in [-0.3, -0.25) is 5.41 Å². The summed E-state index contributed by atoms with van der Waals surface area (Å²) in [6.07, 6.45) is -6.04. The number of halogens is 5. The zero-order chi connectivity index (χ0) is 14.7. The van der Waals surface area contributed by atoms with E-state index < -0.39 is 35.1 Å². The highest BCUT2D eigenvalue weighted by molar-refractivity contribution is 6.21. The first-order valence-corrected chi connectivity index (χ1v) is 4.57. The number of hydrogen-bond donors (Lipinski definition) is 2. The normalized spacial score (nSPS) is 13.9. The predicted molar refractivity (Wildman–Crippen MR) is 50.7 cm³/mol. The van der Waals surface area contributed by atoms with E-state index in [1.54, 1.807) is 0 Å². The standard InChI is InChI=1S/C9H10F5NO3/c1-3-18-7(17)5(4(2)16)6(15)8(10,11)9(12,13)14/h15-16H,3H2,1-2H3/b5-4+,15-6?. The fraction of sp³-hybridized carbons (Fsp3) is 0.556. The van der Waals surface area contributed by atoms with Gasteiger partial charge in [-0.15, -0.1) is 0 Å². The molecule has 0 aromatic rings. The van der Waals surface area contributed by atoms with Crippen molar-refractivity contribution in [2.45, 2.75) is 25.9 Å². The number of hydrogen-bond acceptors (Lipinski definition) is 4. The van der Waals surface area contributed by atoms with Crippen LogP contribution in [0.2, 0.25) is 0 Å². The van der Waals surface area contributed by atoms with E-state index in [0.717, 1.165) is 0 Å². The number of carbonyl (C=O) groups excluding carboxylic acids is 1. The Kier molecular flexibility index (Phi) is 4.82. The number of esters is 1. The summed E-state index contributed by atoms with van der Waals surface area (Å²) in [5.41, 5.74) is -3.85. The number of allylic oxidation sites excluding steroid dienone is 1. The minimum atomic E-state index is -6.04. The zero-order valence-electron chi connectivity index (χ0n) is 9.36. The number of aliphatic hydroxyl groups excluding tert-OH is 1. The third-order valence-electron chi connectivity index (χ3n) is 1.76. The molecule has 0 bridgehead atoms. The van der Waals surface area contributed by atoms with Crippen LogP contribution in [0.5, 0.6) is 0 Å². The summed E-state index contributed by atoms with van der Waals surface area (Å²) < 4.78 is 65.9. The summed E-state index contributed by atoms with van der Waals surface area (Å²) in [5.74, 6) is -8.33. The number of alkyl halides is 5. The number of aliphatic hydroxyl groups is 1. The summed E-state index contributed by atoms with van der Waals surface area (Å²) >= 11 is 0. The van der Waals surface area contributed by atoms with Crippen molar-refractivity contribution in [2.24, 2.45) is 0 Å². The van der Waals surface area contributed by atoms with Crippen LogP contribution in [0.1, 0.15) is 13.8 Å². The minimum absolute atomic E-state index is 0.305. The fourth-order valence-corrected chi connectivity index (χ4v) is 0.933. The van der Waals surface area contributed by atoms with Gasteiger partial charge in [-0.25, -0.2) is 4.79 Å². The largest absolute Gasteiger partial charge is 0.512 e. The van der Waals surface area contributed by atoms with E-state index in [-0.39, 0.29) is 6.61 Å². The lowest BCUT2D eigenvalue weighted by Crippen LogP contribution is -2.46. The lowest BCUT2D eigenvalue weighted by Gasteiger charge is -2.21. The van der Waals surface area contributed by atoms with E-state index in [1.165, 1.54) is 6.92 Å². The van der Waals surface area contributed by atoms with Crippen LogP contribution in [0.4, 0.5) is 22.0 Å². The van der Waals surface area contributed by atoms with Gasteiger partial charge < -0.3 is 9.84 Å². The van der Waals surface area contributed by atoms with Gasteiger partial charge in [0.2, 0.25) is 0 Å². The Hall–Kier alpha value is -1.67. The third-order valence-corrected chi connectivity index (χ3v) is 1.76. The van der Waals surface area contributed by atoms with E-state index >= 15 is 0 Å². The summed E-state index contributed by atoms with van der Waals surface area (Å²) in [6, 6.07) is 0. The maximum atomic E-state index is 12.8. The van der Waals surface area contributed by atoms with Gasteiger partial charge in [0.25, 0.3) is 0 Å². The maximum absolute atomic E-state index is 12.8. The van der Waals surface area contributed by atoms with Gasteiger partial charge in [0.05, 0.1) is 6.61 Å². The number of rotatable bonds is 4. The van der Waals surface area contributed by atoms with Crippen molar-refractivity contribution in [3.05, 3.63) is 11.3 Å². The molecule has 0 aromatic carbocycles. The van der Waals surface area contributed by atoms with E-state index in [4.69, 9.17) is 10.5 Å². The first kappa shape index (κ1) is 16.3. The van der Waals surface area contributed by atoms with Crippen LogP contribution in [0.15, 0.2) is 11.3 Å². The molecule has 0 saturated heterocycles. The van der Waals surface area contributed by atoms with Crippen LogP contribution in [0.25, 0.3) is 0 Å². The molecule has 0 aliphatic carbocycles. The van der Waals surface area contributed by atoms with Gasteiger partial charge >= 0.3 is 18.1 Å². The molecular weight excluding hydrogens is 265 g/mol. The van der Waals surface area contributed by atoms with Crippen molar-refractivity contribution in [1.82, 2.24) is 0 Å². The fourth-order valence-electron chi connectivity index (χ4n) is 0.933. The highest BCUT2D eigenvalue weighted by Crippen LogP contribution is 2.38. The molecule has 0 aliphatic heterocycles. The first-order chi connectivity index (χ1) is 7.96. The lowest BCUT2D eigenvalue weighted by molar-refractivity contribution is -0.249. The van der Waals surface area contributed by atoms with E-state index in [2.05, 4.69) is 4.74 Å². The van der Waals surface area contributed by atoms with Gasteiger partial charge in [0.15, 0.2) is 0 Å². The molecule has 0 amide bonds. The van der Waals surface area contributed by atoms with Gasteiger partial charge in [0.1, 0.15) is 17.0 Å². The summed E-state index contributed by atoms with van der Waals surface area (Å²) in [6.45, 7) is 1.68. The molecule has 9 heteroatoms. The molecule has 104 valence electrons. The Morgan fingerprint density at radius 3 is 2.00 bits per heavy atom. The van der Waals surface area contributed by atoms with Crippen molar-refractivity contribution in [1.29, 1.82) is 5.41 Å². The smallest absolute Gasteiger partial charge is 0.459 e. The predicted octanol–water partition coefficient (Wildman–Crippen LogP) is 2.60. The van der Waals surface area contributed by atoms with Gasteiger partial charge in [-0.05, 0) is 13.8 Å². The van der Waals surface area contributed by atoms with Crippen molar-refractivity contribution < 1.29 is 36.6 Å². The number of nitrogens with one attached hydrogen (secondary N) is 1. The second-order valence-electron chi connectivity index (χ2n) is 3.13. The molecular formula is C9H10F5NO3. The molecule has 4 nitrogen and oxygen atoms in total. The Labute approximate surface area is 98.6 Å². The molecule has 0 fully saturated rings. The molecule has 0 atom stereocenters. The Morgan fingerprint density at radius 1 is 1.28 bits per heavy atom. The Morgan fingerprint density at radius 2 is 1.72 bits per heavy atom. The minimum Gasteiger partial charge on any atom is -0.512 e. The summed E-state index contributed by atoms with van der Waals surface area (Å²) in [7, 11) is 0. The molecule has 0 radical (unpaired) electrons. The molecule has 0 aliphatic rings. The topological polar surface area (TPSA) is 70.4 Å². The van der Waals surface area contributed by atoms with Crippen molar-refractivity contribution in [3.8, 4) is 0 Å². The molecule has 18 heavy (non-hydrogen) atoms. The maximum Gasteiger partial charge on any atom is 0.459 e. The Balaban J connectivity index is 5.53. The van der Waals surface area contributed by atoms with Crippen LogP contribution in [-0.4, -0.2) is 35.5 Å². The molecule has 0 spiro atoms. The van der Waals surface area contributed by atoms with Gasteiger partial charge in [-0.1, -0.05) is 0 Å². The number of carbonyl (C=O) groups is 1. The number of ether oxygens (including phenoxy) is 1. The van der Waals surface area contributed by atoms with E-state index in [9.17, 15) is 26.7 Å². The highest BCUT2D eigenvalue weighted by Gasteiger charge is 2.62. The molecule has 2 N–H and O–H groups in total. The average molecular weight is 275 g/mol. The summed E-state index contributed by atoms with van der Waals surface area (Å²) in [5, 5.41) is 15.7. The third kappa shape index (κ3) is 3.17. The average Bonchev–Trinajstić information content (AvgIpc) is 2.15. The lowest BCUT2D eigenvalue weighted by atomic mass is 10.0. The van der Waals surface area contributed by atoms with Crippen molar-refractivity contribution in [2.75, 3.05) is 6.61 Å². The molecule has 0 aromatic heterocycles. The molecule has 0 unspecified atom stereocenters. The quantitative estimate of drug-likeness (QED) is 0.272. The SMILES string of the molecule is CCOC(=O)/C(C(=N)C(F)(F)C(F)(F)F)=C(\C)O. The van der Waals surface area contributed by atoms with Crippen LogP contribution in [0, 0.1) is 5.41 Å². The van der Waals surface area contributed by atoms with Gasteiger partial charge in [0, 0.05) is 0 Å². The van der Waals surface area contributed by atoms with Crippen molar-refractivity contribution in [3.63, 3.8) is 0 Å². The van der Waals surface area contributed by atoms with E-state index in [1.807, 2.05) is 0 Å². The molecule has 0 rings (SSSR count). The zero-order valence-corrected chi connectivity index (χ0v) is 9.36.